The number of carbonyl (C=O) groups is 1. The third-order valence-corrected chi connectivity index (χ3v) is 6.35. The molecular formula is C17H19N5OS2. The van der Waals surface area contributed by atoms with Gasteiger partial charge in [-0.15, -0.1) is 11.3 Å². The molecule has 4 heterocycles. The third kappa shape index (κ3) is 3.12. The van der Waals surface area contributed by atoms with Crippen LogP contribution in [0.5, 0.6) is 0 Å². The number of Topliss-reactive ketones (excluding diaryl/α,β-unsaturated/α-hetero) is 1. The molecule has 6 nitrogen and oxygen atoms in total. The van der Waals surface area contributed by atoms with E-state index in [9.17, 15) is 4.79 Å². The third-order valence-electron chi connectivity index (χ3n) is 4.47. The molecule has 3 aromatic rings. The van der Waals surface area contributed by atoms with Crippen molar-refractivity contribution in [1.82, 2.24) is 9.36 Å². The number of thiophene rings is 1. The Balaban J connectivity index is 1.61. The number of piperidine rings is 1. The molecule has 1 atom stereocenters. The predicted molar refractivity (Wildman–Crippen MR) is 104 cm³/mol. The number of aromatic nitrogens is 2. The van der Waals surface area contributed by atoms with Crippen LogP contribution in [0.15, 0.2) is 24.5 Å². The van der Waals surface area contributed by atoms with Gasteiger partial charge in [0.1, 0.15) is 5.00 Å². The normalized spacial score (nSPS) is 18.0. The maximum absolute atomic E-state index is 12.9. The zero-order valence-corrected chi connectivity index (χ0v) is 15.3. The summed E-state index contributed by atoms with van der Waals surface area (Å²) in [4.78, 5) is 19.5. The van der Waals surface area contributed by atoms with Crippen molar-refractivity contribution in [3.05, 3.63) is 35.7 Å². The van der Waals surface area contributed by atoms with Crippen molar-refractivity contribution in [2.75, 3.05) is 23.7 Å². The Bertz CT molecular complexity index is 919. The fourth-order valence-electron chi connectivity index (χ4n) is 3.31. The molecular weight excluding hydrogens is 354 g/mol. The number of nitrogens with zero attached hydrogens (tertiary/aromatic N) is 3. The first-order chi connectivity index (χ1) is 12.1. The highest BCUT2D eigenvalue weighted by Gasteiger charge is 2.24. The maximum Gasteiger partial charge on any atom is 0.172 e. The van der Waals surface area contributed by atoms with Crippen LogP contribution < -0.4 is 16.4 Å². The van der Waals surface area contributed by atoms with E-state index in [4.69, 9.17) is 11.5 Å². The van der Waals surface area contributed by atoms with Gasteiger partial charge in [0, 0.05) is 43.5 Å². The van der Waals surface area contributed by atoms with Crippen LogP contribution in [0.2, 0.25) is 0 Å². The molecule has 8 heteroatoms. The number of fused-ring (bicyclic) bond motifs is 1. The van der Waals surface area contributed by atoms with Crippen LogP contribution in [0, 0.1) is 0 Å². The number of nitrogen functional groups attached to an aromatic ring is 1. The average molecular weight is 374 g/mol. The van der Waals surface area contributed by atoms with Gasteiger partial charge in [0.05, 0.1) is 20.8 Å². The Morgan fingerprint density at radius 3 is 3.16 bits per heavy atom. The molecule has 0 spiro atoms. The number of carbonyl (C=O) groups excluding carboxylic acids is 1. The predicted octanol–water partition coefficient (Wildman–Crippen LogP) is 2.69. The molecule has 0 aliphatic carbocycles. The summed E-state index contributed by atoms with van der Waals surface area (Å²) in [7, 11) is 0. The lowest BCUT2D eigenvalue weighted by atomic mass is 10.0. The van der Waals surface area contributed by atoms with Gasteiger partial charge in [0.2, 0.25) is 0 Å². The highest BCUT2D eigenvalue weighted by molar-refractivity contribution is 7.23. The fourth-order valence-corrected chi connectivity index (χ4v) is 5.06. The Morgan fingerprint density at radius 2 is 2.32 bits per heavy atom. The van der Waals surface area contributed by atoms with Crippen molar-refractivity contribution < 1.29 is 4.79 Å². The van der Waals surface area contributed by atoms with Crippen molar-refractivity contribution in [3.8, 4) is 0 Å². The highest BCUT2D eigenvalue weighted by Crippen LogP contribution is 2.34. The monoisotopic (exact) mass is 373 g/mol. The van der Waals surface area contributed by atoms with Crippen LogP contribution in [-0.2, 0) is 6.42 Å². The molecule has 1 aliphatic rings. The number of hydrogen-bond donors (Lipinski definition) is 2. The minimum absolute atomic E-state index is 0.00907. The van der Waals surface area contributed by atoms with E-state index in [0.717, 1.165) is 41.2 Å². The van der Waals surface area contributed by atoms with Crippen LogP contribution in [0.4, 0.5) is 10.0 Å². The molecule has 0 saturated carbocycles. The molecule has 25 heavy (non-hydrogen) atoms. The van der Waals surface area contributed by atoms with Crippen LogP contribution in [0.3, 0.4) is 0 Å². The summed E-state index contributed by atoms with van der Waals surface area (Å²) in [6.45, 7) is 1.77. The SMILES string of the molecule is Nc1sc2cccnc2c1C(=O)Cc1cnsc1N1CCC[C@H](N)C1. The molecule has 4 rings (SSSR count). The van der Waals surface area contributed by atoms with Gasteiger partial charge in [-0.2, -0.15) is 4.37 Å². The molecule has 0 radical (unpaired) electrons. The Kier molecular flexibility index (Phi) is 4.41. The van der Waals surface area contributed by atoms with E-state index in [1.807, 2.05) is 12.1 Å². The summed E-state index contributed by atoms with van der Waals surface area (Å²) < 4.78 is 5.24. The lowest BCUT2D eigenvalue weighted by Crippen LogP contribution is -2.42. The summed E-state index contributed by atoms with van der Waals surface area (Å²) in [5.41, 5.74) is 14.4. The van der Waals surface area contributed by atoms with Gasteiger partial charge in [-0.3, -0.25) is 9.78 Å². The topological polar surface area (TPSA) is 98.1 Å². The van der Waals surface area contributed by atoms with Gasteiger partial charge < -0.3 is 16.4 Å². The number of hydrogen-bond acceptors (Lipinski definition) is 8. The minimum Gasteiger partial charge on any atom is -0.390 e. The number of ketones is 1. The first-order valence-electron chi connectivity index (χ1n) is 8.23. The van der Waals surface area contributed by atoms with Gasteiger partial charge in [-0.1, -0.05) is 0 Å². The number of rotatable bonds is 4. The minimum atomic E-state index is -0.00907. The van der Waals surface area contributed by atoms with Gasteiger partial charge in [-0.25, -0.2) is 0 Å². The van der Waals surface area contributed by atoms with Crippen molar-refractivity contribution in [3.63, 3.8) is 0 Å². The standard InChI is InChI=1S/C17H19N5OS2/c18-11-3-2-6-22(9-11)17-10(8-21-25-17)7-12(23)14-15-13(24-16(14)19)4-1-5-20-15/h1,4-5,8,11H,2-3,6-7,9,18-19H2/t11-/m0/s1. The smallest absolute Gasteiger partial charge is 0.172 e. The summed E-state index contributed by atoms with van der Waals surface area (Å²) in [5, 5.41) is 1.58. The van der Waals surface area contributed by atoms with E-state index >= 15 is 0 Å². The molecule has 3 aromatic heterocycles. The van der Waals surface area contributed by atoms with Gasteiger partial charge >= 0.3 is 0 Å². The fraction of sp³-hybridized carbons (Fsp3) is 0.353. The Morgan fingerprint density at radius 1 is 1.44 bits per heavy atom. The lowest BCUT2D eigenvalue weighted by molar-refractivity contribution is 0.0995. The molecule has 1 fully saturated rings. The van der Waals surface area contributed by atoms with Crippen LogP contribution in [0.1, 0.15) is 28.8 Å². The lowest BCUT2D eigenvalue weighted by Gasteiger charge is -2.31. The van der Waals surface area contributed by atoms with E-state index in [-0.39, 0.29) is 18.2 Å². The van der Waals surface area contributed by atoms with Crippen LogP contribution >= 0.6 is 22.9 Å². The van der Waals surface area contributed by atoms with E-state index < -0.39 is 0 Å². The second kappa shape index (κ2) is 6.70. The Labute approximate surface area is 153 Å². The van der Waals surface area contributed by atoms with Gasteiger partial charge in [0.25, 0.3) is 0 Å². The zero-order valence-electron chi connectivity index (χ0n) is 13.6. The van der Waals surface area contributed by atoms with E-state index in [2.05, 4.69) is 14.3 Å². The molecule has 4 N–H and O–H groups in total. The first-order valence-corrected chi connectivity index (χ1v) is 9.82. The van der Waals surface area contributed by atoms with Gasteiger partial charge in [-0.05, 0) is 36.5 Å². The molecule has 130 valence electrons. The van der Waals surface area contributed by atoms with Crippen molar-refractivity contribution >= 4 is 48.9 Å². The van der Waals surface area contributed by atoms with Crippen molar-refractivity contribution in [1.29, 1.82) is 0 Å². The molecule has 0 unspecified atom stereocenters. The van der Waals surface area contributed by atoms with Crippen molar-refractivity contribution in [2.45, 2.75) is 25.3 Å². The van der Waals surface area contributed by atoms with Crippen LogP contribution in [-0.4, -0.2) is 34.3 Å². The molecule has 1 aliphatic heterocycles. The molecule has 0 bridgehead atoms. The number of anilines is 2. The summed E-state index contributed by atoms with van der Waals surface area (Å²) in [5.74, 6) is -0.00907. The number of pyridine rings is 1. The summed E-state index contributed by atoms with van der Waals surface area (Å²) in [6.07, 6.45) is 5.88. The largest absolute Gasteiger partial charge is 0.390 e. The maximum atomic E-state index is 12.9. The second-order valence-electron chi connectivity index (χ2n) is 6.30. The average Bonchev–Trinajstić information content (AvgIpc) is 3.17. The molecule has 1 saturated heterocycles. The summed E-state index contributed by atoms with van der Waals surface area (Å²) in [6, 6.07) is 3.97. The summed E-state index contributed by atoms with van der Waals surface area (Å²) >= 11 is 2.84. The van der Waals surface area contributed by atoms with E-state index in [0.29, 0.717) is 16.1 Å². The second-order valence-corrected chi connectivity index (χ2v) is 8.16. The molecule has 0 aromatic carbocycles. The quantitative estimate of drug-likeness (QED) is 0.682. The van der Waals surface area contributed by atoms with E-state index in [1.54, 1.807) is 12.4 Å². The van der Waals surface area contributed by atoms with E-state index in [1.165, 1.54) is 22.9 Å². The highest BCUT2D eigenvalue weighted by atomic mass is 32.1. The van der Waals surface area contributed by atoms with Crippen molar-refractivity contribution in [2.24, 2.45) is 5.73 Å². The zero-order chi connectivity index (χ0) is 17.4. The number of nitrogens with two attached hydrogens (primary N) is 2. The van der Waals surface area contributed by atoms with Gasteiger partial charge in [0.15, 0.2) is 5.78 Å². The first kappa shape index (κ1) is 16.4. The van der Waals surface area contributed by atoms with Crippen LogP contribution in [0.25, 0.3) is 10.2 Å². The Hall–Kier alpha value is -2.03. The molecule has 0 amide bonds.